The fourth-order valence-corrected chi connectivity index (χ4v) is 3.58. The zero-order valence-corrected chi connectivity index (χ0v) is 15.2. The summed E-state index contributed by atoms with van der Waals surface area (Å²) < 4.78 is 31.8. The van der Waals surface area contributed by atoms with E-state index in [4.69, 9.17) is 4.74 Å². The summed E-state index contributed by atoms with van der Waals surface area (Å²) in [4.78, 5) is 22.6. The van der Waals surface area contributed by atoms with Crippen molar-refractivity contribution in [2.45, 2.75) is 33.6 Å². The summed E-state index contributed by atoms with van der Waals surface area (Å²) in [5.74, 6) is -0.200. The molecule has 2 aromatic rings. The number of benzene rings is 1. The molecule has 0 bridgehead atoms. The van der Waals surface area contributed by atoms with E-state index in [1.807, 2.05) is 30.9 Å². The van der Waals surface area contributed by atoms with Crippen LogP contribution in [0.1, 0.15) is 39.4 Å². The molecule has 5 nitrogen and oxygen atoms in total. The quantitative estimate of drug-likeness (QED) is 0.752. The second kappa shape index (κ2) is 7.13. The Bertz CT molecular complexity index is 812. The van der Waals surface area contributed by atoms with Crippen LogP contribution >= 0.6 is 0 Å². The molecule has 3 rings (SSSR count). The van der Waals surface area contributed by atoms with Crippen molar-refractivity contribution in [2.24, 2.45) is 11.3 Å². The van der Waals surface area contributed by atoms with Crippen LogP contribution in [-0.4, -0.2) is 35.6 Å². The summed E-state index contributed by atoms with van der Waals surface area (Å²) in [6, 6.07) is 7.10. The molecule has 0 saturated carbocycles. The molecule has 7 heteroatoms. The van der Waals surface area contributed by atoms with Gasteiger partial charge in [0.05, 0.1) is 17.5 Å². The number of hydrogen-bond acceptors (Lipinski definition) is 5. The first-order chi connectivity index (χ1) is 12.4. The Labute approximate surface area is 151 Å². The van der Waals surface area contributed by atoms with Crippen molar-refractivity contribution in [2.75, 3.05) is 24.6 Å². The Balaban J connectivity index is 2.03. The molecule has 1 atom stereocenters. The number of carbonyl (C=O) groups is 1. The van der Waals surface area contributed by atoms with Gasteiger partial charge in [0, 0.05) is 18.5 Å². The summed E-state index contributed by atoms with van der Waals surface area (Å²) in [7, 11) is 0. The van der Waals surface area contributed by atoms with E-state index < -0.39 is 17.7 Å². The number of nitrogens with zero attached hydrogens (tertiary/aromatic N) is 3. The van der Waals surface area contributed by atoms with Gasteiger partial charge >= 0.3 is 5.97 Å². The number of hydrogen-bond donors (Lipinski definition) is 0. The van der Waals surface area contributed by atoms with Crippen LogP contribution in [0, 0.1) is 11.3 Å². The molecule has 2 heterocycles. The van der Waals surface area contributed by atoms with Gasteiger partial charge in [-0.2, -0.15) is 0 Å². The summed E-state index contributed by atoms with van der Waals surface area (Å²) in [6.45, 7) is 7.03. The summed E-state index contributed by atoms with van der Waals surface area (Å²) >= 11 is 0. The third-order valence-electron chi connectivity index (χ3n) is 5.18. The second-order valence-corrected chi connectivity index (χ2v) is 6.93. The minimum Gasteiger partial charge on any atom is -0.466 e. The molecular formula is C19H23F2N3O2. The molecule has 0 N–H and O–H groups in total. The molecule has 0 spiro atoms. The molecule has 1 saturated heterocycles. The Morgan fingerprint density at radius 1 is 1.31 bits per heavy atom. The maximum absolute atomic E-state index is 13.3. The van der Waals surface area contributed by atoms with Gasteiger partial charge in [-0.3, -0.25) is 4.79 Å². The van der Waals surface area contributed by atoms with Crippen molar-refractivity contribution in [3.05, 3.63) is 30.1 Å². The Morgan fingerprint density at radius 3 is 2.69 bits per heavy atom. The zero-order valence-electron chi connectivity index (χ0n) is 15.2. The van der Waals surface area contributed by atoms with Crippen molar-refractivity contribution in [3.8, 4) is 0 Å². The normalized spacial score (nSPS) is 20.3. The van der Waals surface area contributed by atoms with Crippen LogP contribution < -0.4 is 4.90 Å². The van der Waals surface area contributed by atoms with Crippen molar-refractivity contribution in [1.29, 1.82) is 0 Å². The molecule has 1 aliphatic heterocycles. The van der Waals surface area contributed by atoms with Crippen molar-refractivity contribution >= 4 is 22.7 Å². The maximum atomic E-state index is 13.3. The second-order valence-electron chi connectivity index (χ2n) is 6.93. The first kappa shape index (κ1) is 18.5. The smallest absolute Gasteiger partial charge is 0.314 e. The molecule has 1 aromatic carbocycles. The number of alkyl halides is 2. The SMILES string of the molecule is CCOC(=O)C1(C(C)C)CCN(c2nc(C(F)F)nc3ccccc23)C1. The van der Waals surface area contributed by atoms with Gasteiger partial charge in [-0.15, -0.1) is 0 Å². The van der Waals surface area contributed by atoms with Gasteiger partial charge in [0.2, 0.25) is 0 Å². The number of anilines is 1. The number of esters is 1. The lowest BCUT2D eigenvalue weighted by molar-refractivity contribution is -0.156. The Morgan fingerprint density at radius 2 is 2.04 bits per heavy atom. The highest BCUT2D eigenvalue weighted by Crippen LogP contribution is 2.42. The molecule has 1 unspecified atom stereocenters. The van der Waals surface area contributed by atoms with E-state index in [0.29, 0.717) is 42.8 Å². The monoisotopic (exact) mass is 363 g/mol. The largest absolute Gasteiger partial charge is 0.466 e. The van der Waals surface area contributed by atoms with Crippen molar-refractivity contribution in [3.63, 3.8) is 0 Å². The van der Waals surface area contributed by atoms with Crippen LogP contribution in [0.5, 0.6) is 0 Å². The van der Waals surface area contributed by atoms with Crippen molar-refractivity contribution < 1.29 is 18.3 Å². The Hall–Kier alpha value is -2.31. The Kier molecular flexibility index (Phi) is 5.07. The lowest BCUT2D eigenvalue weighted by Crippen LogP contribution is -2.41. The molecule has 1 aliphatic rings. The van der Waals surface area contributed by atoms with Gasteiger partial charge in [0.15, 0.2) is 5.82 Å². The number of halogens is 2. The molecule has 140 valence electrons. The van der Waals surface area contributed by atoms with E-state index in [0.717, 1.165) is 0 Å². The number of fused-ring (bicyclic) bond motifs is 1. The van der Waals surface area contributed by atoms with E-state index in [1.54, 1.807) is 19.1 Å². The maximum Gasteiger partial charge on any atom is 0.314 e. The van der Waals surface area contributed by atoms with Crippen LogP contribution in [0.25, 0.3) is 10.9 Å². The average molecular weight is 363 g/mol. The summed E-state index contributed by atoms with van der Waals surface area (Å²) in [5.41, 5.74) is -0.182. The molecule has 0 radical (unpaired) electrons. The van der Waals surface area contributed by atoms with Gasteiger partial charge in [0.1, 0.15) is 5.82 Å². The fourth-order valence-electron chi connectivity index (χ4n) is 3.58. The first-order valence-corrected chi connectivity index (χ1v) is 8.86. The standard InChI is InChI=1S/C19H23F2N3O2/c1-4-26-18(25)19(12(2)3)9-10-24(11-19)17-13-7-5-6-8-14(13)22-16(23-17)15(20)21/h5-8,12,15H,4,9-11H2,1-3H3. The summed E-state index contributed by atoms with van der Waals surface area (Å²) in [5, 5.41) is 0.709. The van der Waals surface area contributed by atoms with Gasteiger partial charge < -0.3 is 9.64 Å². The minimum absolute atomic E-state index is 0.0641. The highest BCUT2D eigenvalue weighted by Gasteiger charge is 2.49. The van der Waals surface area contributed by atoms with Crippen LogP contribution in [-0.2, 0) is 9.53 Å². The molecule has 0 amide bonds. The van der Waals surface area contributed by atoms with Crippen LogP contribution in [0.4, 0.5) is 14.6 Å². The molecule has 1 fully saturated rings. The van der Waals surface area contributed by atoms with E-state index in [9.17, 15) is 13.6 Å². The molecule has 26 heavy (non-hydrogen) atoms. The third-order valence-corrected chi connectivity index (χ3v) is 5.18. The minimum atomic E-state index is -2.75. The number of carbonyl (C=O) groups excluding carboxylic acids is 1. The van der Waals surface area contributed by atoms with Crippen LogP contribution in [0.3, 0.4) is 0 Å². The first-order valence-electron chi connectivity index (χ1n) is 8.86. The number of para-hydroxylation sites is 1. The highest BCUT2D eigenvalue weighted by molar-refractivity contribution is 5.90. The van der Waals surface area contributed by atoms with E-state index in [1.165, 1.54) is 0 Å². The average Bonchev–Trinajstić information content (AvgIpc) is 3.07. The molecule has 1 aromatic heterocycles. The predicted octanol–water partition coefficient (Wildman–Crippen LogP) is 3.98. The lowest BCUT2D eigenvalue weighted by Gasteiger charge is -2.31. The topological polar surface area (TPSA) is 55.3 Å². The zero-order chi connectivity index (χ0) is 18.9. The van der Waals surface area contributed by atoms with Gasteiger partial charge in [0.25, 0.3) is 6.43 Å². The molecule has 0 aliphatic carbocycles. The van der Waals surface area contributed by atoms with Gasteiger partial charge in [-0.1, -0.05) is 26.0 Å². The predicted molar refractivity (Wildman–Crippen MR) is 95.2 cm³/mol. The summed E-state index contributed by atoms with van der Waals surface area (Å²) in [6.07, 6.45) is -2.15. The van der Waals surface area contributed by atoms with Crippen molar-refractivity contribution in [1.82, 2.24) is 9.97 Å². The van der Waals surface area contributed by atoms with Gasteiger partial charge in [-0.25, -0.2) is 18.7 Å². The number of rotatable bonds is 5. The van der Waals surface area contributed by atoms with Gasteiger partial charge in [-0.05, 0) is 31.4 Å². The van der Waals surface area contributed by atoms with E-state index in [-0.39, 0.29) is 11.9 Å². The number of aromatic nitrogens is 2. The number of ether oxygens (including phenoxy) is 1. The lowest BCUT2D eigenvalue weighted by atomic mass is 9.76. The fraction of sp³-hybridized carbons (Fsp3) is 0.526. The van der Waals surface area contributed by atoms with Crippen LogP contribution in [0.2, 0.25) is 0 Å². The third kappa shape index (κ3) is 3.10. The van der Waals surface area contributed by atoms with E-state index >= 15 is 0 Å². The van der Waals surface area contributed by atoms with E-state index in [2.05, 4.69) is 9.97 Å². The molecular weight excluding hydrogens is 340 g/mol. The highest BCUT2D eigenvalue weighted by atomic mass is 19.3. The van der Waals surface area contributed by atoms with Crippen LogP contribution in [0.15, 0.2) is 24.3 Å².